The van der Waals surface area contributed by atoms with Gasteiger partial charge in [-0.1, -0.05) is 23.7 Å². The predicted octanol–water partition coefficient (Wildman–Crippen LogP) is 2.92. The first-order valence-corrected chi connectivity index (χ1v) is 7.55. The van der Waals surface area contributed by atoms with Crippen LogP contribution in [0.25, 0.3) is 0 Å². The van der Waals surface area contributed by atoms with Gasteiger partial charge in [0.25, 0.3) is 5.91 Å². The van der Waals surface area contributed by atoms with Crippen molar-refractivity contribution in [3.63, 3.8) is 0 Å². The van der Waals surface area contributed by atoms with Gasteiger partial charge in [0.2, 0.25) is 0 Å². The third-order valence-electron chi connectivity index (χ3n) is 3.46. The van der Waals surface area contributed by atoms with E-state index in [4.69, 9.17) is 25.8 Å². The number of fused-ring (bicyclic) bond motifs is 1. The van der Waals surface area contributed by atoms with E-state index >= 15 is 0 Å². The van der Waals surface area contributed by atoms with Crippen LogP contribution in [0.1, 0.15) is 10.4 Å². The molecule has 0 saturated carbocycles. The Kier molecular flexibility index (Phi) is 4.57. The van der Waals surface area contributed by atoms with Crippen LogP contribution in [0.15, 0.2) is 42.5 Å². The molecule has 1 atom stereocenters. The molecular weight excluding hydrogens is 318 g/mol. The first kappa shape index (κ1) is 15.5. The van der Waals surface area contributed by atoms with Gasteiger partial charge in [-0.15, -0.1) is 0 Å². The highest BCUT2D eigenvalue weighted by atomic mass is 35.5. The van der Waals surface area contributed by atoms with Crippen LogP contribution in [0.4, 0.5) is 0 Å². The second-order valence-corrected chi connectivity index (χ2v) is 5.49. The van der Waals surface area contributed by atoms with Crippen molar-refractivity contribution in [3.05, 3.63) is 53.1 Å². The van der Waals surface area contributed by atoms with E-state index in [0.717, 1.165) is 0 Å². The maximum Gasteiger partial charge on any atom is 0.255 e. The van der Waals surface area contributed by atoms with Gasteiger partial charge < -0.3 is 19.5 Å². The summed E-state index contributed by atoms with van der Waals surface area (Å²) in [5.74, 6) is 1.59. The lowest BCUT2D eigenvalue weighted by molar-refractivity contribution is 0.0787. The number of rotatable bonds is 4. The largest absolute Gasteiger partial charge is 0.496 e. The van der Waals surface area contributed by atoms with Crippen LogP contribution in [-0.4, -0.2) is 32.3 Å². The fourth-order valence-electron chi connectivity index (χ4n) is 2.32. The zero-order valence-corrected chi connectivity index (χ0v) is 13.3. The molecule has 1 aliphatic rings. The lowest BCUT2D eigenvalue weighted by Gasteiger charge is -2.26. The van der Waals surface area contributed by atoms with Crippen molar-refractivity contribution >= 4 is 17.5 Å². The van der Waals surface area contributed by atoms with Crippen LogP contribution in [0.5, 0.6) is 17.2 Å². The summed E-state index contributed by atoms with van der Waals surface area (Å²) in [5.41, 5.74) is 0.386. The molecule has 1 aliphatic heterocycles. The maximum atomic E-state index is 12.3. The summed E-state index contributed by atoms with van der Waals surface area (Å²) in [4.78, 5) is 12.3. The Morgan fingerprint density at radius 3 is 2.87 bits per heavy atom. The molecule has 23 heavy (non-hydrogen) atoms. The highest BCUT2D eigenvalue weighted by Crippen LogP contribution is 2.30. The number of hydrogen-bond acceptors (Lipinski definition) is 4. The molecule has 2 aromatic carbocycles. The van der Waals surface area contributed by atoms with E-state index in [1.807, 2.05) is 24.3 Å². The number of carbonyl (C=O) groups is 1. The van der Waals surface area contributed by atoms with Crippen LogP contribution in [0.3, 0.4) is 0 Å². The van der Waals surface area contributed by atoms with Crippen LogP contribution in [0, 0.1) is 0 Å². The Bertz CT molecular complexity index is 719. The molecule has 0 unspecified atom stereocenters. The quantitative estimate of drug-likeness (QED) is 0.934. The van der Waals surface area contributed by atoms with Gasteiger partial charge in [0.1, 0.15) is 18.5 Å². The third-order valence-corrected chi connectivity index (χ3v) is 3.70. The average Bonchev–Trinajstić information content (AvgIpc) is 2.59. The molecule has 2 aromatic rings. The fourth-order valence-corrected chi connectivity index (χ4v) is 2.50. The number of benzene rings is 2. The summed E-state index contributed by atoms with van der Waals surface area (Å²) < 4.78 is 16.6. The number of halogens is 1. The Balaban J connectivity index is 1.63. The molecule has 6 heteroatoms. The Labute approximate surface area is 139 Å². The molecule has 0 saturated heterocycles. The van der Waals surface area contributed by atoms with Crippen LogP contribution < -0.4 is 19.5 Å². The van der Waals surface area contributed by atoms with Crippen molar-refractivity contribution in [2.75, 3.05) is 20.3 Å². The third kappa shape index (κ3) is 3.51. The minimum absolute atomic E-state index is 0.251. The topological polar surface area (TPSA) is 56.8 Å². The summed E-state index contributed by atoms with van der Waals surface area (Å²) in [6, 6.07) is 12.4. The number of amides is 1. The van der Waals surface area contributed by atoms with E-state index in [1.165, 1.54) is 7.11 Å². The molecule has 1 amide bonds. The van der Waals surface area contributed by atoms with E-state index in [-0.39, 0.29) is 12.0 Å². The van der Waals surface area contributed by atoms with Gasteiger partial charge in [0.15, 0.2) is 11.5 Å². The Morgan fingerprint density at radius 1 is 1.30 bits per heavy atom. The standard InChI is InChI=1S/C17H16ClNO4/c1-21-14-7-6-11(18)8-13(14)17(20)19-9-12-10-22-15-4-2-3-5-16(15)23-12/h2-8,12H,9-10H2,1H3,(H,19,20)/t12-/m1/s1. The zero-order valence-electron chi connectivity index (χ0n) is 12.5. The first-order valence-electron chi connectivity index (χ1n) is 7.17. The molecule has 5 nitrogen and oxygen atoms in total. The number of methoxy groups -OCH3 is 1. The summed E-state index contributed by atoms with van der Waals surface area (Å²) >= 11 is 5.94. The number of hydrogen-bond donors (Lipinski definition) is 1. The van der Waals surface area contributed by atoms with Gasteiger partial charge >= 0.3 is 0 Å². The molecule has 120 valence electrons. The minimum atomic E-state index is -0.271. The number of nitrogens with one attached hydrogen (secondary N) is 1. The van der Waals surface area contributed by atoms with Crippen molar-refractivity contribution in [1.82, 2.24) is 5.32 Å². The zero-order chi connectivity index (χ0) is 16.2. The van der Waals surface area contributed by atoms with Gasteiger partial charge in [-0.2, -0.15) is 0 Å². The Morgan fingerprint density at radius 2 is 2.09 bits per heavy atom. The van der Waals surface area contributed by atoms with E-state index in [2.05, 4.69) is 5.32 Å². The molecule has 1 heterocycles. The molecule has 0 spiro atoms. The van der Waals surface area contributed by atoms with Crippen LogP contribution in [-0.2, 0) is 0 Å². The van der Waals surface area contributed by atoms with Gasteiger partial charge in [-0.25, -0.2) is 0 Å². The number of para-hydroxylation sites is 2. The second kappa shape index (κ2) is 6.79. The first-order chi connectivity index (χ1) is 11.2. The highest BCUT2D eigenvalue weighted by molar-refractivity contribution is 6.31. The molecule has 0 fully saturated rings. The monoisotopic (exact) mass is 333 g/mol. The van der Waals surface area contributed by atoms with Crippen molar-refractivity contribution < 1.29 is 19.0 Å². The lowest BCUT2D eigenvalue weighted by Crippen LogP contribution is -2.40. The highest BCUT2D eigenvalue weighted by Gasteiger charge is 2.22. The van der Waals surface area contributed by atoms with E-state index in [1.54, 1.807) is 18.2 Å². The van der Waals surface area contributed by atoms with Crippen molar-refractivity contribution in [3.8, 4) is 17.2 Å². The maximum absolute atomic E-state index is 12.3. The summed E-state index contributed by atoms with van der Waals surface area (Å²) in [6.07, 6.45) is -0.251. The van der Waals surface area contributed by atoms with Crippen LogP contribution in [0.2, 0.25) is 5.02 Å². The fraction of sp³-hybridized carbons (Fsp3) is 0.235. The smallest absolute Gasteiger partial charge is 0.255 e. The van der Waals surface area contributed by atoms with Gasteiger partial charge in [0.05, 0.1) is 19.2 Å². The summed E-state index contributed by atoms with van der Waals surface area (Å²) in [7, 11) is 1.51. The summed E-state index contributed by atoms with van der Waals surface area (Å²) in [5, 5.41) is 3.29. The van der Waals surface area contributed by atoms with Crippen LogP contribution >= 0.6 is 11.6 Å². The summed E-state index contributed by atoms with van der Waals surface area (Å²) in [6.45, 7) is 0.701. The lowest BCUT2D eigenvalue weighted by atomic mass is 10.2. The normalized spacial score (nSPS) is 15.8. The molecule has 0 aliphatic carbocycles. The van der Waals surface area contributed by atoms with Gasteiger partial charge in [-0.3, -0.25) is 4.79 Å². The van der Waals surface area contributed by atoms with Gasteiger partial charge in [-0.05, 0) is 30.3 Å². The minimum Gasteiger partial charge on any atom is -0.496 e. The van der Waals surface area contributed by atoms with Crippen molar-refractivity contribution in [2.45, 2.75) is 6.10 Å². The number of ether oxygens (including phenoxy) is 3. The molecule has 1 N–H and O–H groups in total. The van der Waals surface area contributed by atoms with Crippen molar-refractivity contribution in [2.24, 2.45) is 0 Å². The molecule has 0 aromatic heterocycles. The van der Waals surface area contributed by atoms with Crippen molar-refractivity contribution in [1.29, 1.82) is 0 Å². The van der Waals surface area contributed by atoms with Gasteiger partial charge in [0, 0.05) is 5.02 Å². The molecule has 3 rings (SSSR count). The van der Waals surface area contributed by atoms with E-state index in [0.29, 0.717) is 41.0 Å². The Hall–Kier alpha value is -2.40. The molecular formula is C17H16ClNO4. The molecule has 0 radical (unpaired) electrons. The second-order valence-electron chi connectivity index (χ2n) is 5.05. The predicted molar refractivity (Wildman–Crippen MR) is 86.7 cm³/mol. The SMILES string of the molecule is COc1ccc(Cl)cc1C(=O)NC[C@@H]1COc2ccccc2O1. The molecule has 0 bridgehead atoms. The van der Waals surface area contributed by atoms with E-state index < -0.39 is 0 Å². The number of carbonyl (C=O) groups excluding carboxylic acids is 1. The average molecular weight is 334 g/mol. The van der Waals surface area contributed by atoms with E-state index in [9.17, 15) is 4.79 Å².